The highest BCUT2D eigenvalue weighted by Gasteiger charge is 2.40. The highest BCUT2D eigenvalue weighted by atomic mass is 16.5. The highest BCUT2D eigenvalue weighted by molar-refractivity contribution is 5.82. The van der Waals surface area contributed by atoms with Gasteiger partial charge >= 0.3 is 5.97 Å². The van der Waals surface area contributed by atoms with E-state index >= 15 is 0 Å². The first-order valence-electron chi connectivity index (χ1n) is 11.3. The Hall–Kier alpha value is -2.82. The number of aryl methyl sites for hydroxylation is 1. The van der Waals surface area contributed by atoms with Gasteiger partial charge in [0.15, 0.2) is 0 Å². The number of ether oxygens (including phenoxy) is 2. The quantitative estimate of drug-likeness (QED) is 0.374. The molecule has 1 aliphatic carbocycles. The molecule has 1 heterocycles. The fourth-order valence-electron chi connectivity index (χ4n) is 4.99. The Kier molecular flexibility index (Phi) is 6.59. The van der Waals surface area contributed by atoms with Gasteiger partial charge in [-0.05, 0) is 44.1 Å². The van der Waals surface area contributed by atoms with Gasteiger partial charge in [-0.15, -0.1) is 0 Å². The number of hydrogen-bond donors (Lipinski definition) is 1. The maximum Gasteiger partial charge on any atom is 0.308 e. The monoisotopic (exact) mass is 421 g/mol. The summed E-state index contributed by atoms with van der Waals surface area (Å²) in [6.45, 7) is 4.18. The van der Waals surface area contributed by atoms with E-state index in [2.05, 4.69) is 36.5 Å². The first-order valence-corrected chi connectivity index (χ1v) is 11.3. The van der Waals surface area contributed by atoms with Gasteiger partial charge in [-0.25, -0.2) is 0 Å². The summed E-state index contributed by atoms with van der Waals surface area (Å²) in [4.78, 5) is 24.0. The molecule has 0 bridgehead atoms. The molecule has 1 fully saturated rings. The number of fused-ring (bicyclic) bond motifs is 3. The van der Waals surface area contributed by atoms with Crippen LogP contribution in [0.2, 0.25) is 0 Å². The van der Waals surface area contributed by atoms with Gasteiger partial charge in [0.25, 0.3) is 0 Å². The van der Waals surface area contributed by atoms with Crippen LogP contribution in [-0.2, 0) is 16.0 Å². The Morgan fingerprint density at radius 3 is 2.74 bits per heavy atom. The van der Waals surface area contributed by atoms with E-state index in [0.717, 1.165) is 36.9 Å². The zero-order valence-corrected chi connectivity index (χ0v) is 18.4. The second-order valence-corrected chi connectivity index (χ2v) is 8.75. The first kappa shape index (κ1) is 21.4. The van der Waals surface area contributed by atoms with E-state index in [-0.39, 0.29) is 23.7 Å². The Labute approximate surface area is 184 Å². The number of Topliss-reactive ketones (excluding diaryl/α,β-unsaturated/α-hetero) is 1. The van der Waals surface area contributed by atoms with Gasteiger partial charge < -0.3 is 14.8 Å². The smallest absolute Gasteiger partial charge is 0.308 e. The van der Waals surface area contributed by atoms with Crippen molar-refractivity contribution < 1.29 is 19.1 Å². The maximum atomic E-state index is 12.2. The number of carbonyl (C=O) groups is 2. The van der Waals surface area contributed by atoms with E-state index in [1.165, 1.54) is 12.5 Å². The zero-order valence-electron chi connectivity index (χ0n) is 18.4. The first-order chi connectivity index (χ1) is 15.0. The van der Waals surface area contributed by atoms with Gasteiger partial charge in [0.2, 0.25) is 0 Å². The Bertz CT molecular complexity index is 940. The van der Waals surface area contributed by atoms with E-state index in [1.807, 2.05) is 18.2 Å². The van der Waals surface area contributed by atoms with Crippen LogP contribution in [-0.4, -0.2) is 24.4 Å². The summed E-state index contributed by atoms with van der Waals surface area (Å²) in [7, 11) is 0. The molecule has 31 heavy (non-hydrogen) atoms. The molecular weight excluding hydrogens is 390 g/mol. The number of rotatable bonds is 7. The summed E-state index contributed by atoms with van der Waals surface area (Å²) in [5.74, 6) is 1.59. The van der Waals surface area contributed by atoms with Crippen molar-refractivity contribution in [1.82, 2.24) is 0 Å². The average molecular weight is 422 g/mol. The van der Waals surface area contributed by atoms with E-state index < -0.39 is 0 Å². The minimum absolute atomic E-state index is 0.0850. The molecular formula is C26H31NO4. The van der Waals surface area contributed by atoms with Gasteiger partial charge in [0, 0.05) is 55.1 Å². The normalized spacial score (nSPS) is 22.1. The molecule has 2 unspecified atom stereocenters. The lowest BCUT2D eigenvalue weighted by atomic mass is 9.69. The average Bonchev–Trinajstić information content (AvgIpc) is 2.73. The molecule has 1 saturated carbocycles. The molecule has 4 rings (SSSR count). The SMILES string of the molecule is CC(=O)Oc1cc(OCCCCc2ccccc2)cc2c1C1CC(=O)CCC1[C@H](C)N2. The molecule has 2 aliphatic rings. The number of benzene rings is 2. The van der Waals surface area contributed by atoms with E-state index in [9.17, 15) is 9.59 Å². The predicted octanol–water partition coefficient (Wildman–Crippen LogP) is 5.28. The molecule has 5 nitrogen and oxygen atoms in total. The van der Waals surface area contributed by atoms with Crippen LogP contribution in [0.1, 0.15) is 63.0 Å². The standard InChI is InChI=1S/C26H31NO4/c1-17-22-12-11-20(29)14-23(22)26-24(27-17)15-21(16-25(26)31-18(2)28)30-13-7-6-10-19-8-4-3-5-9-19/h3-5,8-9,15-17,22-23,27H,6-7,10-14H2,1-2H3/t17-,22?,23?/m0/s1. The molecule has 2 aromatic carbocycles. The van der Waals surface area contributed by atoms with Gasteiger partial charge in [0.05, 0.1) is 6.61 Å². The van der Waals surface area contributed by atoms with Crippen LogP contribution in [0.15, 0.2) is 42.5 Å². The van der Waals surface area contributed by atoms with Gasteiger partial charge in [-0.2, -0.15) is 0 Å². The molecule has 2 aromatic rings. The lowest BCUT2D eigenvalue weighted by molar-refractivity contribution is -0.131. The van der Waals surface area contributed by atoms with Gasteiger partial charge in [-0.3, -0.25) is 9.59 Å². The summed E-state index contributed by atoms with van der Waals surface area (Å²) in [6, 6.07) is 14.5. The molecule has 1 aliphatic heterocycles. The van der Waals surface area contributed by atoms with Crippen molar-refractivity contribution in [2.24, 2.45) is 5.92 Å². The zero-order chi connectivity index (χ0) is 21.8. The Balaban J connectivity index is 1.47. The van der Waals surface area contributed by atoms with Crippen LogP contribution in [0.4, 0.5) is 5.69 Å². The van der Waals surface area contributed by atoms with Crippen molar-refractivity contribution in [2.75, 3.05) is 11.9 Å². The van der Waals surface area contributed by atoms with Gasteiger partial charge in [0.1, 0.15) is 17.3 Å². The summed E-state index contributed by atoms with van der Waals surface area (Å²) in [5, 5.41) is 3.57. The van der Waals surface area contributed by atoms with Crippen LogP contribution in [0.5, 0.6) is 11.5 Å². The minimum atomic E-state index is -0.362. The van der Waals surface area contributed by atoms with Crippen molar-refractivity contribution in [3.8, 4) is 11.5 Å². The van der Waals surface area contributed by atoms with Crippen LogP contribution >= 0.6 is 0 Å². The highest BCUT2D eigenvalue weighted by Crippen LogP contribution is 2.50. The van der Waals surface area contributed by atoms with Crippen molar-refractivity contribution >= 4 is 17.4 Å². The molecule has 0 saturated heterocycles. The van der Waals surface area contributed by atoms with Crippen molar-refractivity contribution in [3.63, 3.8) is 0 Å². The summed E-state index contributed by atoms with van der Waals surface area (Å²) in [6.07, 6.45) is 5.04. The second kappa shape index (κ2) is 9.54. The van der Waals surface area contributed by atoms with Crippen LogP contribution in [0.3, 0.4) is 0 Å². The van der Waals surface area contributed by atoms with E-state index in [0.29, 0.717) is 36.9 Å². The third-order valence-electron chi connectivity index (χ3n) is 6.46. The number of unbranched alkanes of at least 4 members (excludes halogenated alkanes) is 1. The Morgan fingerprint density at radius 1 is 1.16 bits per heavy atom. The lowest BCUT2D eigenvalue weighted by Crippen LogP contribution is -2.39. The van der Waals surface area contributed by atoms with Crippen molar-refractivity contribution in [1.29, 1.82) is 0 Å². The van der Waals surface area contributed by atoms with Crippen molar-refractivity contribution in [3.05, 3.63) is 53.6 Å². The molecule has 3 atom stereocenters. The number of nitrogens with one attached hydrogen (secondary N) is 1. The third-order valence-corrected chi connectivity index (χ3v) is 6.46. The molecule has 0 spiro atoms. The van der Waals surface area contributed by atoms with Crippen LogP contribution < -0.4 is 14.8 Å². The topological polar surface area (TPSA) is 64.6 Å². The number of hydrogen-bond acceptors (Lipinski definition) is 5. The molecule has 0 radical (unpaired) electrons. The second-order valence-electron chi connectivity index (χ2n) is 8.75. The fourth-order valence-corrected chi connectivity index (χ4v) is 4.99. The minimum Gasteiger partial charge on any atom is -0.493 e. The number of anilines is 1. The fraction of sp³-hybridized carbons (Fsp3) is 0.462. The molecule has 164 valence electrons. The van der Waals surface area contributed by atoms with Crippen LogP contribution in [0.25, 0.3) is 0 Å². The summed E-state index contributed by atoms with van der Waals surface area (Å²) >= 11 is 0. The van der Waals surface area contributed by atoms with Gasteiger partial charge in [-0.1, -0.05) is 30.3 Å². The summed E-state index contributed by atoms with van der Waals surface area (Å²) in [5.41, 5.74) is 3.20. The number of carbonyl (C=O) groups excluding carboxylic acids is 2. The van der Waals surface area contributed by atoms with Crippen molar-refractivity contribution in [2.45, 2.75) is 64.3 Å². The van der Waals surface area contributed by atoms with E-state index in [4.69, 9.17) is 9.47 Å². The number of esters is 1. The Morgan fingerprint density at radius 2 is 1.97 bits per heavy atom. The van der Waals surface area contributed by atoms with E-state index in [1.54, 1.807) is 0 Å². The third kappa shape index (κ3) is 5.09. The number of ketones is 1. The molecule has 0 aromatic heterocycles. The molecule has 0 amide bonds. The lowest BCUT2D eigenvalue weighted by Gasteiger charge is -2.42. The molecule has 1 N–H and O–H groups in total. The van der Waals surface area contributed by atoms with Crippen LogP contribution in [0, 0.1) is 5.92 Å². The largest absolute Gasteiger partial charge is 0.493 e. The molecule has 5 heteroatoms. The predicted molar refractivity (Wildman–Crippen MR) is 121 cm³/mol. The summed E-state index contributed by atoms with van der Waals surface area (Å²) < 4.78 is 11.6. The maximum absolute atomic E-state index is 12.2.